The molecule has 0 radical (unpaired) electrons. The Morgan fingerprint density at radius 1 is 1.38 bits per heavy atom. The summed E-state index contributed by atoms with van der Waals surface area (Å²) in [6.07, 6.45) is 0.891. The SMILES string of the molecule is CCC(C)C(N)C(=O)N(C)CCOc1ccc(Cl)cc1.Cl. The lowest BCUT2D eigenvalue weighted by atomic mass is 9.99. The molecule has 1 aromatic carbocycles. The zero-order valence-corrected chi connectivity index (χ0v) is 14.3. The maximum atomic E-state index is 12.1. The van der Waals surface area contributed by atoms with Crippen molar-refractivity contribution in [2.24, 2.45) is 11.7 Å². The molecule has 0 saturated carbocycles. The summed E-state index contributed by atoms with van der Waals surface area (Å²) in [5.74, 6) is 0.877. The number of amides is 1. The molecular formula is C15H24Cl2N2O2. The number of nitrogens with two attached hydrogens (primary N) is 1. The van der Waals surface area contributed by atoms with Gasteiger partial charge in [-0.2, -0.15) is 0 Å². The minimum Gasteiger partial charge on any atom is -0.492 e. The Balaban J connectivity index is 0.00000400. The van der Waals surface area contributed by atoms with Crippen molar-refractivity contribution in [1.29, 1.82) is 0 Å². The number of ether oxygens (including phenoxy) is 1. The van der Waals surface area contributed by atoms with Crippen molar-refractivity contribution < 1.29 is 9.53 Å². The monoisotopic (exact) mass is 334 g/mol. The zero-order chi connectivity index (χ0) is 15.1. The minimum absolute atomic E-state index is 0. The molecule has 21 heavy (non-hydrogen) atoms. The molecule has 0 saturated heterocycles. The second-order valence-electron chi connectivity index (χ2n) is 4.97. The van der Waals surface area contributed by atoms with E-state index in [4.69, 9.17) is 22.1 Å². The average Bonchev–Trinajstić information content (AvgIpc) is 2.46. The lowest BCUT2D eigenvalue weighted by Gasteiger charge is -2.24. The molecule has 0 fully saturated rings. The van der Waals surface area contributed by atoms with Gasteiger partial charge < -0.3 is 15.4 Å². The molecule has 0 spiro atoms. The molecule has 2 N–H and O–H groups in total. The van der Waals surface area contributed by atoms with Crippen LogP contribution < -0.4 is 10.5 Å². The van der Waals surface area contributed by atoms with Crippen molar-refractivity contribution in [3.63, 3.8) is 0 Å². The second-order valence-corrected chi connectivity index (χ2v) is 5.41. The molecule has 0 aliphatic carbocycles. The van der Waals surface area contributed by atoms with E-state index < -0.39 is 6.04 Å². The molecule has 0 aromatic heterocycles. The molecule has 0 heterocycles. The topological polar surface area (TPSA) is 55.6 Å². The summed E-state index contributed by atoms with van der Waals surface area (Å²) in [7, 11) is 1.75. The first kappa shape index (κ1) is 20.0. The van der Waals surface area contributed by atoms with Gasteiger partial charge in [0.2, 0.25) is 5.91 Å². The van der Waals surface area contributed by atoms with Crippen LogP contribution in [-0.4, -0.2) is 37.0 Å². The fraction of sp³-hybridized carbons (Fsp3) is 0.533. The van der Waals surface area contributed by atoms with Gasteiger partial charge in [0.25, 0.3) is 0 Å². The van der Waals surface area contributed by atoms with E-state index >= 15 is 0 Å². The molecule has 6 heteroatoms. The van der Waals surface area contributed by atoms with Gasteiger partial charge >= 0.3 is 0 Å². The lowest BCUT2D eigenvalue weighted by molar-refractivity contribution is -0.132. The minimum atomic E-state index is -0.444. The molecule has 1 rings (SSSR count). The van der Waals surface area contributed by atoms with Crippen LogP contribution in [0, 0.1) is 5.92 Å². The average molecular weight is 335 g/mol. The third-order valence-electron chi connectivity index (χ3n) is 3.43. The number of likely N-dealkylation sites (N-methyl/N-ethyl adjacent to an activating group) is 1. The number of carbonyl (C=O) groups is 1. The van der Waals surface area contributed by atoms with Crippen LogP contribution in [0.25, 0.3) is 0 Å². The number of hydrogen-bond acceptors (Lipinski definition) is 3. The highest BCUT2D eigenvalue weighted by Gasteiger charge is 2.22. The van der Waals surface area contributed by atoms with Gasteiger partial charge in [-0.05, 0) is 30.2 Å². The Morgan fingerprint density at radius 3 is 2.48 bits per heavy atom. The normalized spacial score (nSPS) is 13.0. The third kappa shape index (κ3) is 6.55. The first-order valence-corrected chi connectivity index (χ1v) is 7.22. The first-order chi connectivity index (χ1) is 9.45. The van der Waals surface area contributed by atoms with Crippen LogP contribution in [-0.2, 0) is 4.79 Å². The van der Waals surface area contributed by atoms with E-state index in [-0.39, 0.29) is 24.2 Å². The lowest BCUT2D eigenvalue weighted by Crippen LogP contribution is -2.46. The van der Waals surface area contributed by atoms with Crippen LogP contribution in [0.3, 0.4) is 0 Å². The van der Waals surface area contributed by atoms with Crippen molar-refractivity contribution in [3.05, 3.63) is 29.3 Å². The van der Waals surface area contributed by atoms with Gasteiger partial charge in [-0.25, -0.2) is 0 Å². The van der Waals surface area contributed by atoms with Gasteiger partial charge in [0.15, 0.2) is 0 Å². The summed E-state index contributed by atoms with van der Waals surface area (Å²) in [6.45, 7) is 4.95. The van der Waals surface area contributed by atoms with Gasteiger partial charge in [-0.15, -0.1) is 12.4 Å². The number of rotatable bonds is 7. The van der Waals surface area contributed by atoms with Gasteiger partial charge in [0.05, 0.1) is 12.6 Å². The Labute approximate surface area is 138 Å². The fourth-order valence-corrected chi connectivity index (χ4v) is 1.82. The van der Waals surface area contributed by atoms with Crippen LogP contribution in [0.4, 0.5) is 0 Å². The number of carbonyl (C=O) groups excluding carboxylic acids is 1. The second kappa shape index (κ2) is 9.87. The van der Waals surface area contributed by atoms with E-state index in [0.29, 0.717) is 18.2 Å². The summed E-state index contributed by atoms with van der Waals surface area (Å²) in [5, 5.41) is 0.671. The molecule has 0 bridgehead atoms. The highest BCUT2D eigenvalue weighted by Crippen LogP contribution is 2.15. The van der Waals surface area contributed by atoms with Gasteiger partial charge in [-0.3, -0.25) is 4.79 Å². The number of halogens is 2. The highest BCUT2D eigenvalue weighted by molar-refractivity contribution is 6.30. The van der Waals surface area contributed by atoms with E-state index in [2.05, 4.69) is 0 Å². The molecule has 120 valence electrons. The summed E-state index contributed by atoms with van der Waals surface area (Å²) < 4.78 is 5.56. The Hall–Kier alpha value is -0.970. The van der Waals surface area contributed by atoms with E-state index in [1.54, 1.807) is 36.2 Å². The predicted octanol–water partition coefficient (Wildman–Crippen LogP) is 2.97. The first-order valence-electron chi connectivity index (χ1n) is 6.84. The van der Waals surface area contributed by atoms with Crippen molar-refractivity contribution in [2.45, 2.75) is 26.3 Å². The van der Waals surface area contributed by atoms with Crippen LogP contribution in [0.2, 0.25) is 5.02 Å². The quantitative estimate of drug-likeness (QED) is 0.833. The Kier molecular flexibility index (Phi) is 9.42. The van der Waals surface area contributed by atoms with Crippen LogP contribution in [0.1, 0.15) is 20.3 Å². The molecule has 4 nitrogen and oxygen atoms in total. The van der Waals surface area contributed by atoms with Gasteiger partial charge in [0.1, 0.15) is 12.4 Å². The van der Waals surface area contributed by atoms with Crippen LogP contribution in [0.5, 0.6) is 5.75 Å². The molecule has 1 amide bonds. The van der Waals surface area contributed by atoms with Crippen molar-refractivity contribution in [1.82, 2.24) is 4.90 Å². The maximum absolute atomic E-state index is 12.1. The summed E-state index contributed by atoms with van der Waals surface area (Å²) in [5.41, 5.74) is 5.92. The third-order valence-corrected chi connectivity index (χ3v) is 3.68. The van der Waals surface area contributed by atoms with Crippen molar-refractivity contribution in [2.75, 3.05) is 20.2 Å². The summed E-state index contributed by atoms with van der Waals surface area (Å²) >= 11 is 5.79. The molecule has 0 aliphatic heterocycles. The Morgan fingerprint density at radius 2 is 1.95 bits per heavy atom. The summed E-state index contributed by atoms with van der Waals surface area (Å²) in [4.78, 5) is 13.7. The van der Waals surface area contributed by atoms with Crippen LogP contribution >= 0.6 is 24.0 Å². The van der Waals surface area contributed by atoms with Crippen molar-refractivity contribution >= 4 is 29.9 Å². The molecular weight excluding hydrogens is 311 g/mol. The molecule has 1 aromatic rings. The molecule has 2 atom stereocenters. The molecule has 2 unspecified atom stereocenters. The van der Waals surface area contributed by atoms with E-state index in [9.17, 15) is 4.79 Å². The zero-order valence-electron chi connectivity index (χ0n) is 12.7. The number of benzene rings is 1. The maximum Gasteiger partial charge on any atom is 0.239 e. The van der Waals surface area contributed by atoms with E-state index in [1.165, 1.54) is 0 Å². The van der Waals surface area contributed by atoms with Crippen molar-refractivity contribution in [3.8, 4) is 5.75 Å². The number of nitrogens with zero attached hydrogens (tertiary/aromatic N) is 1. The smallest absolute Gasteiger partial charge is 0.239 e. The Bertz CT molecular complexity index is 426. The highest BCUT2D eigenvalue weighted by atomic mass is 35.5. The standard InChI is InChI=1S/C15H23ClN2O2.ClH/c1-4-11(2)14(17)15(19)18(3)9-10-20-13-7-5-12(16)6-8-13;/h5-8,11,14H,4,9-10,17H2,1-3H3;1H. The van der Waals surface area contributed by atoms with Gasteiger partial charge in [0, 0.05) is 12.1 Å². The van der Waals surface area contributed by atoms with E-state index in [1.807, 2.05) is 13.8 Å². The van der Waals surface area contributed by atoms with Gasteiger partial charge in [-0.1, -0.05) is 31.9 Å². The molecule has 0 aliphatic rings. The van der Waals surface area contributed by atoms with E-state index in [0.717, 1.165) is 12.2 Å². The largest absolute Gasteiger partial charge is 0.492 e. The van der Waals surface area contributed by atoms with Crippen LogP contribution in [0.15, 0.2) is 24.3 Å². The number of hydrogen-bond donors (Lipinski definition) is 1. The predicted molar refractivity (Wildman–Crippen MR) is 89.3 cm³/mol. The summed E-state index contributed by atoms with van der Waals surface area (Å²) in [6, 6.07) is 6.69. The fourth-order valence-electron chi connectivity index (χ4n) is 1.69.